The summed E-state index contributed by atoms with van der Waals surface area (Å²) < 4.78 is 24.5. The normalized spacial score (nSPS) is 18.0. The number of aromatic nitrogens is 3. The minimum atomic E-state index is -0.983. The molecular formula is C33H43FN8O5S. The van der Waals surface area contributed by atoms with E-state index in [1.54, 1.807) is 17.9 Å². The number of rotatable bonds is 11. The number of aryl methyl sites for hydroxylation is 1. The second-order valence-corrected chi connectivity index (χ2v) is 13.4. The Morgan fingerprint density at radius 2 is 1.77 bits per heavy atom. The molecule has 0 radical (unpaired) electrons. The quantitative estimate of drug-likeness (QED) is 0.257. The van der Waals surface area contributed by atoms with Gasteiger partial charge in [-0.1, -0.05) is 55.2 Å². The molecule has 1 saturated heterocycles. The Bertz CT molecular complexity index is 1570. The van der Waals surface area contributed by atoms with E-state index in [9.17, 15) is 19.2 Å². The summed E-state index contributed by atoms with van der Waals surface area (Å²) in [6, 6.07) is 2.48. The zero-order valence-corrected chi connectivity index (χ0v) is 28.4. The molecule has 48 heavy (non-hydrogen) atoms. The number of carbonyl (C=O) groups excluding carboxylic acids is 4. The van der Waals surface area contributed by atoms with Crippen molar-refractivity contribution in [2.45, 2.75) is 76.8 Å². The van der Waals surface area contributed by atoms with Gasteiger partial charge in [0, 0.05) is 32.1 Å². The number of likely N-dealkylation sites (N-methyl/N-ethyl adjacent to an activating group) is 1. The third-order valence-corrected chi connectivity index (χ3v) is 10.1. The molecule has 2 aromatic heterocycles. The predicted octanol–water partition coefficient (Wildman–Crippen LogP) is 3.61. The molecule has 2 fully saturated rings. The summed E-state index contributed by atoms with van der Waals surface area (Å²) in [6.45, 7) is 6.02. The van der Waals surface area contributed by atoms with Gasteiger partial charge >= 0.3 is 0 Å². The summed E-state index contributed by atoms with van der Waals surface area (Å²) in [6.07, 6.45) is 8.58. The number of carbonyl (C=O) groups is 4. The van der Waals surface area contributed by atoms with E-state index >= 15 is 4.39 Å². The van der Waals surface area contributed by atoms with Crippen molar-refractivity contribution >= 4 is 40.8 Å². The molecular weight excluding hydrogens is 639 g/mol. The predicted molar refractivity (Wildman–Crippen MR) is 177 cm³/mol. The zero-order valence-electron chi connectivity index (χ0n) is 27.5. The molecule has 1 aliphatic heterocycles. The smallest absolute Gasteiger partial charge is 0.265 e. The number of amides is 4. The first kappa shape index (κ1) is 35.1. The minimum absolute atomic E-state index is 0.0511. The molecule has 258 valence electrons. The average Bonchev–Trinajstić information content (AvgIpc) is 3.74. The van der Waals surface area contributed by atoms with Crippen LogP contribution in [0.4, 0.5) is 10.1 Å². The van der Waals surface area contributed by atoms with Gasteiger partial charge in [0.05, 0.1) is 17.6 Å². The summed E-state index contributed by atoms with van der Waals surface area (Å²) in [7, 11) is 1.98. The Morgan fingerprint density at radius 3 is 2.42 bits per heavy atom. The maximum Gasteiger partial charge on any atom is 0.265 e. The van der Waals surface area contributed by atoms with E-state index in [1.165, 1.54) is 24.6 Å². The van der Waals surface area contributed by atoms with Gasteiger partial charge in [-0.3, -0.25) is 19.2 Å². The third-order valence-electron chi connectivity index (χ3n) is 9.39. The van der Waals surface area contributed by atoms with Gasteiger partial charge in [-0.15, -0.1) is 5.10 Å². The van der Waals surface area contributed by atoms with Gasteiger partial charge in [-0.25, -0.2) is 4.39 Å². The number of nitrogens with one attached hydrogen (secondary N) is 3. The van der Waals surface area contributed by atoms with Gasteiger partial charge in [0.25, 0.3) is 11.8 Å². The fourth-order valence-corrected chi connectivity index (χ4v) is 6.80. The lowest BCUT2D eigenvalue weighted by Gasteiger charge is -2.36. The van der Waals surface area contributed by atoms with Crippen molar-refractivity contribution in [1.29, 1.82) is 0 Å². The summed E-state index contributed by atoms with van der Waals surface area (Å²) in [5, 5.41) is 16.0. The van der Waals surface area contributed by atoms with E-state index in [0.29, 0.717) is 43.9 Å². The van der Waals surface area contributed by atoms with Crippen LogP contribution in [-0.2, 0) is 16.0 Å². The maximum atomic E-state index is 15.7. The molecule has 0 bridgehead atoms. The van der Waals surface area contributed by atoms with Crippen molar-refractivity contribution in [2.75, 3.05) is 38.5 Å². The fourth-order valence-electron chi connectivity index (χ4n) is 6.38. The third kappa shape index (κ3) is 8.42. The van der Waals surface area contributed by atoms with Gasteiger partial charge in [0.15, 0.2) is 0 Å². The van der Waals surface area contributed by atoms with Crippen LogP contribution in [0.5, 0.6) is 0 Å². The molecule has 3 heterocycles. The van der Waals surface area contributed by atoms with Crippen LogP contribution in [0.3, 0.4) is 0 Å². The SMILES string of the molecule is CCc1nocc1C(=O)NC(C(=O)Nc1ccc(C(C)C(NC(=O)c2cnns2)C(=O)N2CCN(C)CC2)cc1F)C1CCCCCC1. The highest BCUT2D eigenvalue weighted by atomic mass is 32.1. The van der Waals surface area contributed by atoms with Crippen LogP contribution >= 0.6 is 11.5 Å². The van der Waals surface area contributed by atoms with Gasteiger partial charge in [-0.2, -0.15) is 0 Å². The largest absolute Gasteiger partial charge is 0.364 e. The van der Waals surface area contributed by atoms with Crippen LogP contribution in [-0.4, -0.2) is 93.5 Å². The number of benzene rings is 1. The van der Waals surface area contributed by atoms with Crippen LogP contribution in [0.25, 0.3) is 0 Å². The lowest BCUT2D eigenvalue weighted by molar-refractivity contribution is -0.135. The number of hydrogen-bond acceptors (Lipinski definition) is 10. The summed E-state index contributed by atoms with van der Waals surface area (Å²) in [5.41, 5.74) is 1.18. The number of halogens is 1. The molecule has 15 heteroatoms. The molecule has 1 aromatic carbocycles. The zero-order chi connectivity index (χ0) is 34.2. The van der Waals surface area contributed by atoms with Crippen molar-refractivity contribution in [3.63, 3.8) is 0 Å². The van der Waals surface area contributed by atoms with Crippen molar-refractivity contribution < 1.29 is 28.1 Å². The molecule has 1 aliphatic carbocycles. The molecule has 3 N–H and O–H groups in total. The summed E-state index contributed by atoms with van der Waals surface area (Å²) in [4.78, 5) is 57.8. The van der Waals surface area contributed by atoms with Gasteiger partial charge < -0.3 is 30.3 Å². The van der Waals surface area contributed by atoms with Crippen LogP contribution in [0.1, 0.15) is 89.6 Å². The first-order valence-corrected chi connectivity index (χ1v) is 17.3. The standard InChI is InChI=1S/C33H43FN8O5S/c1-4-25-23(19-47-39-25)30(43)38-29(21-9-7-5-6-8-10-21)32(45)36-26-12-11-22(17-24(26)34)20(2)28(37-31(44)27-18-35-40-48-27)33(46)42-15-13-41(3)14-16-42/h11-12,17-21,28-29H,4-10,13-16H2,1-3H3,(H,36,45)(H,37,44)(H,38,43). The van der Waals surface area contributed by atoms with Crippen LogP contribution < -0.4 is 16.0 Å². The maximum absolute atomic E-state index is 15.7. The molecule has 3 aromatic rings. The van der Waals surface area contributed by atoms with Crippen molar-refractivity contribution in [2.24, 2.45) is 5.92 Å². The van der Waals surface area contributed by atoms with Crippen molar-refractivity contribution in [3.8, 4) is 0 Å². The molecule has 3 unspecified atom stereocenters. The molecule has 13 nitrogen and oxygen atoms in total. The summed E-state index contributed by atoms with van der Waals surface area (Å²) in [5.74, 6) is -3.17. The highest BCUT2D eigenvalue weighted by Gasteiger charge is 2.35. The minimum Gasteiger partial charge on any atom is -0.364 e. The second kappa shape index (κ2) is 16.2. The van der Waals surface area contributed by atoms with Crippen LogP contribution in [0, 0.1) is 11.7 Å². The van der Waals surface area contributed by atoms with Crippen LogP contribution in [0.15, 0.2) is 35.2 Å². The lowest BCUT2D eigenvalue weighted by atomic mass is 9.90. The highest BCUT2D eigenvalue weighted by Crippen LogP contribution is 2.29. The van der Waals surface area contributed by atoms with Gasteiger partial charge in [0.2, 0.25) is 11.8 Å². The lowest BCUT2D eigenvalue weighted by Crippen LogP contribution is -2.55. The Morgan fingerprint density at radius 1 is 1.04 bits per heavy atom. The number of nitrogens with zero attached hydrogens (tertiary/aromatic N) is 5. The Kier molecular flexibility index (Phi) is 11.9. The van der Waals surface area contributed by atoms with E-state index in [1.807, 2.05) is 14.0 Å². The van der Waals surface area contributed by atoms with E-state index in [-0.39, 0.29) is 28.0 Å². The Balaban J connectivity index is 1.34. The van der Waals surface area contributed by atoms with E-state index in [4.69, 9.17) is 4.52 Å². The number of anilines is 1. The van der Waals surface area contributed by atoms with Gasteiger partial charge in [0.1, 0.15) is 34.6 Å². The second-order valence-electron chi connectivity index (χ2n) is 12.6. The average molecular weight is 683 g/mol. The first-order valence-electron chi connectivity index (χ1n) is 16.6. The number of piperazine rings is 1. The fraction of sp³-hybridized carbons (Fsp3) is 0.545. The van der Waals surface area contributed by atoms with E-state index in [2.05, 4.69) is 35.6 Å². The summed E-state index contributed by atoms with van der Waals surface area (Å²) >= 11 is 0.917. The molecule has 5 rings (SSSR count). The topological polar surface area (TPSA) is 163 Å². The van der Waals surface area contributed by atoms with E-state index < -0.39 is 41.5 Å². The van der Waals surface area contributed by atoms with Crippen molar-refractivity contribution in [1.82, 2.24) is 35.2 Å². The molecule has 4 amide bonds. The van der Waals surface area contributed by atoms with E-state index in [0.717, 1.165) is 50.1 Å². The highest BCUT2D eigenvalue weighted by molar-refractivity contribution is 7.07. The van der Waals surface area contributed by atoms with Crippen molar-refractivity contribution in [3.05, 3.63) is 58.2 Å². The molecule has 3 atom stereocenters. The Labute approximate surface area is 283 Å². The Hall–Kier alpha value is -4.24. The van der Waals surface area contributed by atoms with Gasteiger partial charge in [-0.05, 0) is 61.5 Å². The number of hydrogen-bond donors (Lipinski definition) is 3. The monoisotopic (exact) mass is 682 g/mol. The molecule has 0 spiro atoms. The first-order chi connectivity index (χ1) is 23.2. The molecule has 1 saturated carbocycles. The molecule has 2 aliphatic rings. The van der Waals surface area contributed by atoms with Crippen LogP contribution in [0.2, 0.25) is 0 Å².